The van der Waals surface area contributed by atoms with E-state index in [2.05, 4.69) is 36.9 Å². The van der Waals surface area contributed by atoms with Crippen molar-refractivity contribution in [1.29, 1.82) is 0 Å². The largest absolute Gasteiger partial charge is 0.294 e. The maximum absolute atomic E-state index is 5.28. The number of aromatic nitrogens is 1. The zero-order valence-electron chi connectivity index (χ0n) is 14.0. The molecular weight excluding hydrogens is 398 g/mol. The summed E-state index contributed by atoms with van der Waals surface area (Å²) in [6, 6.07) is 13.9. The summed E-state index contributed by atoms with van der Waals surface area (Å²) in [5, 5.41) is 6.96. The second-order valence-corrected chi connectivity index (χ2v) is 7.09. The van der Waals surface area contributed by atoms with Gasteiger partial charge in [-0.2, -0.15) is 5.10 Å². The lowest BCUT2D eigenvalue weighted by molar-refractivity contribution is 0.294. The number of benzene rings is 1. The van der Waals surface area contributed by atoms with E-state index in [0.29, 0.717) is 5.11 Å². The maximum atomic E-state index is 5.28. The standard InChI is InChI=1S/C18H20BrN5S/c1-13(21-22-18(25)23-24-11-4-5-12-24)16-9-6-10-17(20-16)14-7-2-3-8-15(14)19/h2-3,6-10H,4-5,11-12H2,1H3,(H2,22,23,25). The number of hydrazone groups is 1. The van der Waals surface area contributed by atoms with Crippen LogP contribution in [0.2, 0.25) is 0 Å². The minimum Gasteiger partial charge on any atom is -0.294 e. The van der Waals surface area contributed by atoms with E-state index >= 15 is 0 Å². The van der Waals surface area contributed by atoms with Crippen molar-refractivity contribution >= 4 is 39.0 Å². The zero-order chi connectivity index (χ0) is 17.6. The van der Waals surface area contributed by atoms with Crippen LogP contribution in [-0.4, -0.2) is 33.9 Å². The number of hydrogen-bond acceptors (Lipinski definition) is 4. The van der Waals surface area contributed by atoms with Gasteiger partial charge in [-0.25, -0.2) is 9.99 Å². The van der Waals surface area contributed by atoms with Gasteiger partial charge >= 0.3 is 0 Å². The smallest absolute Gasteiger partial charge is 0.201 e. The minimum atomic E-state index is 0.503. The summed E-state index contributed by atoms with van der Waals surface area (Å²) >= 11 is 8.85. The van der Waals surface area contributed by atoms with Crippen LogP contribution in [-0.2, 0) is 0 Å². The highest BCUT2D eigenvalue weighted by molar-refractivity contribution is 9.10. The van der Waals surface area contributed by atoms with Gasteiger partial charge in [0.2, 0.25) is 5.11 Å². The van der Waals surface area contributed by atoms with E-state index in [1.807, 2.05) is 49.4 Å². The Labute approximate surface area is 161 Å². The predicted molar refractivity (Wildman–Crippen MR) is 109 cm³/mol. The molecule has 2 N–H and O–H groups in total. The van der Waals surface area contributed by atoms with Crippen molar-refractivity contribution in [1.82, 2.24) is 20.8 Å². The zero-order valence-corrected chi connectivity index (χ0v) is 16.4. The van der Waals surface area contributed by atoms with Crippen LogP contribution in [0.3, 0.4) is 0 Å². The molecule has 1 aromatic carbocycles. The number of nitrogens with one attached hydrogen (secondary N) is 2. The van der Waals surface area contributed by atoms with E-state index in [9.17, 15) is 0 Å². The normalized spacial score (nSPS) is 15.2. The predicted octanol–water partition coefficient (Wildman–Crippen LogP) is 3.71. The van der Waals surface area contributed by atoms with Crippen LogP contribution in [0.5, 0.6) is 0 Å². The fraction of sp³-hybridized carbons (Fsp3) is 0.278. The van der Waals surface area contributed by atoms with Crippen LogP contribution in [0.15, 0.2) is 52.0 Å². The van der Waals surface area contributed by atoms with E-state index in [1.165, 1.54) is 12.8 Å². The van der Waals surface area contributed by atoms with Crippen LogP contribution in [0, 0.1) is 0 Å². The molecule has 0 atom stereocenters. The summed E-state index contributed by atoms with van der Waals surface area (Å²) in [5.41, 5.74) is 9.59. The number of pyridine rings is 1. The molecule has 2 aromatic rings. The molecule has 0 amide bonds. The molecule has 130 valence electrons. The molecule has 3 rings (SSSR count). The highest BCUT2D eigenvalue weighted by Gasteiger charge is 2.12. The van der Waals surface area contributed by atoms with Gasteiger partial charge in [-0.15, -0.1) is 0 Å². The first-order chi connectivity index (χ1) is 12.1. The highest BCUT2D eigenvalue weighted by Crippen LogP contribution is 2.26. The third-order valence-corrected chi connectivity index (χ3v) is 4.83. The molecule has 0 aliphatic carbocycles. The van der Waals surface area contributed by atoms with Gasteiger partial charge in [-0.1, -0.05) is 40.2 Å². The molecule has 1 saturated heterocycles. The first-order valence-corrected chi connectivity index (χ1v) is 9.42. The van der Waals surface area contributed by atoms with Crippen molar-refractivity contribution in [2.45, 2.75) is 19.8 Å². The Morgan fingerprint density at radius 2 is 1.92 bits per heavy atom. The van der Waals surface area contributed by atoms with Crippen LogP contribution in [0.4, 0.5) is 0 Å². The van der Waals surface area contributed by atoms with Crippen LogP contribution < -0.4 is 10.9 Å². The fourth-order valence-electron chi connectivity index (χ4n) is 2.64. The average molecular weight is 418 g/mol. The van der Waals surface area contributed by atoms with Crippen molar-refractivity contribution < 1.29 is 0 Å². The van der Waals surface area contributed by atoms with Crippen molar-refractivity contribution in [3.05, 3.63) is 52.6 Å². The molecule has 2 heterocycles. The monoisotopic (exact) mass is 417 g/mol. The third-order valence-electron chi connectivity index (χ3n) is 3.96. The summed E-state index contributed by atoms with van der Waals surface area (Å²) in [6.45, 7) is 3.94. The number of hydrazine groups is 1. The number of hydrogen-bond donors (Lipinski definition) is 2. The number of halogens is 1. The lowest BCUT2D eigenvalue weighted by Crippen LogP contribution is -2.44. The molecule has 1 aliphatic heterocycles. The van der Waals surface area contributed by atoms with Gasteiger partial charge < -0.3 is 0 Å². The molecule has 25 heavy (non-hydrogen) atoms. The van der Waals surface area contributed by atoms with Crippen LogP contribution >= 0.6 is 28.1 Å². The van der Waals surface area contributed by atoms with Crippen LogP contribution in [0.25, 0.3) is 11.3 Å². The molecule has 1 aliphatic rings. The molecule has 7 heteroatoms. The van der Waals surface area contributed by atoms with Gasteiger partial charge in [0.25, 0.3) is 0 Å². The lowest BCUT2D eigenvalue weighted by atomic mass is 10.1. The Balaban J connectivity index is 1.69. The van der Waals surface area contributed by atoms with Crippen LogP contribution in [0.1, 0.15) is 25.5 Å². The molecular formula is C18H20BrN5S. The SMILES string of the molecule is CC(=NNC(=S)NN1CCCC1)c1cccc(-c2ccccc2Br)n1. The summed E-state index contributed by atoms with van der Waals surface area (Å²) in [4.78, 5) is 4.71. The second kappa shape index (κ2) is 8.51. The summed E-state index contributed by atoms with van der Waals surface area (Å²) < 4.78 is 1.02. The average Bonchev–Trinajstić information content (AvgIpc) is 3.13. The molecule has 0 bridgehead atoms. The van der Waals surface area contributed by atoms with E-state index in [-0.39, 0.29) is 0 Å². The van der Waals surface area contributed by atoms with Crippen molar-refractivity contribution in [3.63, 3.8) is 0 Å². The van der Waals surface area contributed by atoms with Crippen molar-refractivity contribution in [2.24, 2.45) is 5.10 Å². The van der Waals surface area contributed by atoms with Gasteiger partial charge in [0.15, 0.2) is 0 Å². The van der Waals surface area contributed by atoms with Gasteiger partial charge in [-0.05, 0) is 50.2 Å². The molecule has 0 radical (unpaired) electrons. The highest BCUT2D eigenvalue weighted by atomic mass is 79.9. The molecule has 0 unspecified atom stereocenters. The Hall–Kier alpha value is -1.83. The Kier molecular flexibility index (Phi) is 6.12. The minimum absolute atomic E-state index is 0.503. The number of thiocarbonyl (C=S) groups is 1. The van der Waals surface area contributed by atoms with E-state index in [4.69, 9.17) is 17.2 Å². The summed E-state index contributed by atoms with van der Waals surface area (Å²) in [7, 11) is 0. The molecule has 0 saturated carbocycles. The van der Waals surface area contributed by atoms with Gasteiger partial charge in [0, 0.05) is 23.1 Å². The Bertz CT molecular complexity index is 787. The molecule has 5 nitrogen and oxygen atoms in total. The summed E-state index contributed by atoms with van der Waals surface area (Å²) in [6.07, 6.45) is 2.40. The quantitative estimate of drug-likeness (QED) is 0.451. The van der Waals surface area contributed by atoms with Gasteiger partial charge in [0.05, 0.1) is 17.1 Å². The first-order valence-electron chi connectivity index (χ1n) is 8.21. The fourth-order valence-corrected chi connectivity index (χ4v) is 3.31. The van der Waals surface area contributed by atoms with E-state index in [1.54, 1.807) is 0 Å². The first kappa shape index (κ1) is 18.0. The van der Waals surface area contributed by atoms with E-state index < -0.39 is 0 Å². The maximum Gasteiger partial charge on any atom is 0.201 e. The Morgan fingerprint density at radius 3 is 2.68 bits per heavy atom. The number of nitrogens with zero attached hydrogens (tertiary/aromatic N) is 3. The molecule has 1 fully saturated rings. The summed E-state index contributed by atoms with van der Waals surface area (Å²) in [5.74, 6) is 0. The second-order valence-electron chi connectivity index (χ2n) is 5.83. The van der Waals surface area contributed by atoms with Crippen molar-refractivity contribution in [3.8, 4) is 11.3 Å². The number of rotatable bonds is 4. The van der Waals surface area contributed by atoms with E-state index in [0.717, 1.165) is 40.2 Å². The van der Waals surface area contributed by atoms with Gasteiger partial charge in [0.1, 0.15) is 0 Å². The molecule has 0 spiro atoms. The molecule has 1 aromatic heterocycles. The third kappa shape index (κ3) is 4.84. The topological polar surface area (TPSA) is 52.6 Å². The lowest BCUT2D eigenvalue weighted by Gasteiger charge is -2.17. The van der Waals surface area contributed by atoms with Crippen molar-refractivity contribution in [2.75, 3.05) is 13.1 Å². The van der Waals surface area contributed by atoms with Gasteiger partial charge in [-0.3, -0.25) is 10.9 Å². The Morgan fingerprint density at radius 1 is 1.16 bits per heavy atom.